The van der Waals surface area contributed by atoms with E-state index in [-0.39, 0.29) is 23.5 Å². The van der Waals surface area contributed by atoms with Gasteiger partial charge < -0.3 is 15.0 Å². The van der Waals surface area contributed by atoms with Gasteiger partial charge in [-0.25, -0.2) is 19.2 Å². The Balaban J connectivity index is 1.35. The molecule has 9 nitrogen and oxygen atoms in total. The molecule has 4 aromatic rings. The molecule has 10 heteroatoms. The molecule has 222 valence electrons. The Morgan fingerprint density at radius 3 is 2.35 bits per heavy atom. The third-order valence-corrected chi connectivity index (χ3v) is 7.12. The number of hydrogen-bond donors (Lipinski definition) is 2. The van der Waals surface area contributed by atoms with Crippen molar-refractivity contribution in [2.75, 3.05) is 11.9 Å². The number of hydrogen-bond acceptors (Lipinski definition) is 6. The molecule has 0 unspecified atom stereocenters. The summed E-state index contributed by atoms with van der Waals surface area (Å²) >= 11 is 0. The van der Waals surface area contributed by atoms with Crippen molar-refractivity contribution in [3.05, 3.63) is 89.8 Å². The van der Waals surface area contributed by atoms with E-state index in [0.29, 0.717) is 47.1 Å². The van der Waals surface area contributed by atoms with Crippen molar-refractivity contribution in [3.8, 4) is 22.4 Å². The fraction of sp³-hybridized carbons (Fsp3) is 0.303. The van der Waals surface area contributed by atoms with Gasteiger partial charge in [-0.2, -0.15) is 0 Å². The van der Waals surface area contributed by atoms with Crippen LogP contribution in [0.1, 0.15) is 79.7 Å². The van der Waals surface area contributed by atoms with Crippen LogP contribution in [0.3, 0.4) is 0 Å². The summed E-state index contributed by atoms with van der Waals surface area (Å²) in [7, 11) is 0. The molecule has 2 aromatic heterocycles. The van der Waals surface area contributed by atoms with E-state index in [2.05, 4.69) is 15.3 Å². The number of halogens is 1. The Kier molecular flexibility index (Phi) is 8.38. The van der Waals surface area contributed by atoms with Gasteiger partial charge in [0.15, 0.2) is 5.78 Å². The predicted molar refractivity (Wildman–Crippen MR) is 161 cm³/mol. The fourth-order valence-corrected chi connectivity index (χ4v) is 5.06. The molecule has 0 saturated carbocycles. The van der Waals surface area contributed by atoms with E-state index in [0.717, 1.165) is 24.0 Å². The third-order valence-electron chi connectivity index (χ3n) is 7.12. The molecule has 0 radical (unpaired) electrons. The molecule has 1 aliphatic heterocycles. The maximum atomic E-state index is 13.3. The smallest absolute Gasteiger partial charge is 0.410 e. The number of nitrogens with zero attached hydrogens (tertiary/aromatic N) is 3. The topological polar surface area (TPSA) is 117 Å². The number of rotatable bonds is 6. The minimum atomic E-state index is -0.631. The van der Waals surface area contributed by atoms with Crippen molar-refractivity contribution in [2.45, 2.75) is 58.6 Å². The molecule has 2 aromatic carbocycles. The zero-order valence-corrected chi connectivity index (χ0v) is 24.6. The largest absolute Gasteiger partial charge is 0.444 e. The molecule has 1 aliphatic rings. The summed E-state index contributed by atoms with van der Waals surface area (Å²) in [6.07, 6.45) is 3.64. The maximum Gasteiger partial charge on any atom is 0.410 e. The standard InChI is InChI=1S/C33H34FN5O4/c1-20(40)28-29(38-30(37-28)26-7-5-6-18-39(26)32(42)43-33(2,3)4)22-8-10-23(11-9-22)31(41)36-27-19-24(16-17-35-27)21-12-14-25(34)15-13-21/h8-17,19,26H,5-7,18H2,1-4H3,(H,37,38)(H,35,36,41)/t26-/m0/s1. The number of amides is 2. The molecular weight excluding hydrogens is 549 g/mol. The third kappa shape index (κ3) is 6.97. The van der Waals surface area contributed by atoms with Crippen LogP contribution in [-0.4, -0.2) is 49.8 Å². The number of H-pyrrole nitrogens is 1. The second kappa shape index (κ2) is 12.2. The number of imidazole rings is 1. The van der Waals surface area contributed by atoms with Crippen LogP contribution in [0.4, 0.5) is 15.0 Å². The van der Waals surface area contributed by atoms with Crippen LogP contribution in [0.15, 0.2) is 66.9 Å². The summed E-state index contributed by atoms with van der Waals surface area (Å²) in [5.74, 6) is 0.00350. The molecule has 2 amide bonds. The normalized spacial score (nSPS) is 15.2. The number of anilines is 1. The highest BCUT2D eigenvalue weighted by molar-refractivity contribution is 6.04. The second-order valence-electron chi connectivity index (χ2n) is 11.6. The van der Waals surface area contributed by atoms with E-state index in [4.69, 9.17) is 9.72 Å². The second-order valence-corrected chi connectivity index (χ2v) is 11.6. The first-order chi connectivity index (χ1) is 20.5. The summed E-state index contributed by atoms with van der Waals surface area (Å²) in [6, 6.07) is 16.0. The lowest BCUT2D eigenvalue weighted by molar-refractivity contribution is 0.00853. The predicted octanol–water partition coefficient (Wildman–Crippen LogP) is 7.19. The molecule has 0 spiro atoms. The van der Waals surface area contributed by atoms with Crippen molar-refractivity contribution in [2.24, 2.45) is 0 Å². The van der Waals surface area contributed by atoms with E-state index >= 15 is 0 Å². The fourth-order valence-electron chi connectivity index (χ4n) is 5.06. The highest BCUT2D eigenvalue weighted by Gasteiger charge is 2.34. The van der Waals surface area contributed by atoms with Gasteiger partial charge in [-0.05, 0) is 87.6 Å². The summed E-state index contributed by atoms with van der Waals surface area (Å²) in [5.41, 5.74) is 2.79. The van der Waals surface area contributed by atoms with E-state index in [1.807, 2.05) is 20.8 Å². The number of benzene rings is 2. The Hall–Kier alpha value is -4.86. The van der Waals surface area contributed by atoms with Gasteiger partial charge in [-0.1, -0.05) is 24.3 Å². The van der Waals surface area contributed by atoms with E-state index in [1.54, 1.807) is 59.6 Å². The Bertz CT molecular complexity index is 1640. The van der Waals surface area contributed by atoms with Crippen LogP contribution in [0.2, 0.25) is 0 Å². The summed E-state index contributed by atoms with van der Waals surface area (Å²) in [5, 5.41) is 2.80. The quantitative estimate of drug-likeness (QED) is 0.232. The minimum absolute atomic E-state index is 0.192. The van der Waals surface area contributed by atoms with Crippen LogP contribution >= 0.6 is 0 Å². The van der Waals surface area contributed by atoms with Crippen molar-refractivity contribution in [1.82, 2.24) is 19.9 Å². The van der Waals surface area contributed by atoms with Crippen molar-refractivity contribution < 1.29 is 23.5 Å². The van der Waals surface area contributed by atoms with Gasteiger partial charge >= 0.3 is 6.09 Å². The average Bonchev–Trinajstić information content (AvgIpc) is 3.43. The van der Waals surface area contributed by atoms with Gasteiger partial charge in [0.2, 0.25) is 0 Å². The molecule has 1 atom stereocenters. The summed E-state index contributed by atoms with van der Waals surface area (Å²) < 4.78 is 18.9. The van der Waals surface area contributed by atoms with E-state index in [1.165, 1.54) is 19.1 Å². The first kappa shape index (κ1) is 29.6. The van der Waals surface area contributed by atoms with Gasteiger partial charge in [-0.15, -0.1) is 0 Å². The van der Waals surface area contributed by atoms with Gasteiger partial charge in [-0.3, -0.25) is 14.5 Å². The first-order valence-electron chi connectivity index (χ1n) is 14.2. The number of nitrogens with one attached hydrogen (secondary N) is 2. The zero-order chi connectivity index (χ0) is 30.7. The molecule has 0 bridgehead atoms. The van der Waals surface area contributed by atoms with Gasteiger partial charge in [0.05, 0.1) is 11.7 Å². The number of pyridine rings is 1. The van der Waals surface area contributed by atoms with Gasteiger partial charge in [0.25, 0.3) is 5.91 Å². The van der Waals surface area contributed by atoms with Gasteiger partial charge in [0.1, 0.15) is 28.8 Å². The number of likely N-dealkylation sites (tertiary alicyclic amines) is 1. The number of ketones is 1. The van der Waals surface area contributed by atoms with Crippen molar-refractivity contribution in [1.29, 1.82) is 0 Å². The van der Waals surface area contributed by atoms with Gasteiger partial charge in [0, 0.05) is 30.8 Å². The van der Waals surface area contributed by atoms with Crippen LogP contribution < -0.4 is 5.32 Å². The van der Waals surface area contributed by atoms with Crippen molar-refractivity contribution in [3.63, 3.8) is 0 Å². The number of piperidine rings is 1. The molecule has 0 aliphatic carbocycles. The highest BCUT2D eigenvalue weighted by Crippen LogP contribution is 2.33. The molecule has 1 saturated heterocycles. The molecule has 43 heavy (non-hydrogen) atoms. The lowest BCUT2D eigenvalue weighted by Gasteiger charge is -2.35. The number of ether oxygens (including phenoxy) is 1. The Labute approximate surface area is 249 Å². The highest BCUT2D eigenvalue weighted by atomic mass is 19.1. The number of carbonyl (C=O) groups excluding carboxylic acids is 3. The van der Waals surface area contributed by atoms with E-state index in [9.17, 15) is 18.8 Å². The van der Waals surface area contributed by atoms with Crippen LogP contribution in [0, 0.1) is 5.82 Å². The Morgan fingerprint density at radius 1 is 0.977 bits per heavy atom. The number of Topliss-reactive ketones (excluding diaryl/α,β-unsaturated/α-hetero) is 1. The van der Waals surface area contributed by atoms with E-state index < -0.39 is 11.7 Å². The monoisotopic (exact) mass is 583 g/mol. The number of aromatic nitrogens is 3. The van der Waals surface area contributed by atoms with Crippen LogP contribution in [0.5, 0.6) is 0 Å². The number of carbonyl (C=O) groups is 3. The molecule has 1 fully saturated rings. The summed E-state index contributed by atoms with van der Waals surface area (Å²) in [4.78, 5) is 52.4. The first-order valence-corrected chi connectivity index (χ1v) is 14.2. The number of aromatic amines is 1. The molecule has 3 heterocycles. The molecule has 2 N–H and O–H groups in total. The van der Waals surface area contributed by atoms with Crippen LogP contribution in [0.25, 0.3) is 22.4 Å². The average molecular weight is 584 g/mol. The Morgan fingerprint density at radius 2 is 1.67 bits per heavy atom. The lowest BCUT2D eigenvalue weighted by atomic mass is 10.0. The summed E-state index contributed by atoms with van der Waals surface area (Å²) in [6.45, 7) is 7.48. The molecule has 5 rings (SSSR count). The SMILES string of the molecule is CC(=O)c1[nH]c([C@@H]2CCCCN2C(=O)OC(C)(C)C)nc1-c1ccc(C(=O)Nc2cc(-c3ccc(F)cc3)ccn2)cc1. The van der Waals surface area contributed by atoms with Crippen molar-refractivity contribution >= 4 is 23.6 Å². The zero-order valence-electron chi connectivity index (χ0n) is 24.6. The molecular formula is C33H34FN5O4. The van der Waals surface area contributed by atoms with Crippen LogP contribution in [-0.2, 0) is 4.74 Å². The maximum absolute atomic E-state index is 13.3. The minimum Gasteiger partial charge on any atom is -0.444 e. The lowest BCUT2D eigenvalue weighted by Crippen LogP contribution is -2.42.